The maximum absolute atomic E-state index is 12.0. The molecule has 5 nitrogen and oxygen atoms in total. The van der Waals surface area contributed by atoms with E-state index in [1.807, 2.05) is 0 Å². The van der Waals surface area contributed by atoms with Gasteiger partial charge < -0.3 is 14.6 Å². The van der Waals surface area contributed by atoms with Crippen molar-refractivity contribution in [3.8, 4) is 0 Å². The molecule has 0 fully saturated rings. The van der Waals surface area contributed by atoms with Crippen LogP contribution in [0.4, 0.5) is 0 Å². The van der Waals surface area contributed by atoms with Crippen molar-refractivity contribution >= 4 is 11.9 Å². The fourth-order valence-corrected chi connectivity index (χ4v) is 6.48. The molecule has 0 saturated carbocycles. The Bertz CT molecular complexity index is 666. The van der Waals surface area contributed by atoms with Crippen molar-refractivity contribution in [3.63, 3.8) is 0 Å². The van der Waals surface area contributed by atoms with Gasteiger partial charge in [-0.15, -0.1) is 0 Å². The number of hydrogen-bond acceptors (Lipinski definition) is 5. The van der Waals surface area contributed by atoms with Gasteiger partial charge in [-0.3, -0.25) is 9.59 Å². The topological polar surface area (TPSA) is 72.8 Å². The van der Waals surface area contributed by atoms with E-state index < -0.39 is 6.10 Å². The second-order valence-corrected chi connectivity index (χ2v) is 15.1. The Balaban J connectivity index is 3.35. The van der Waals surface area contributed by atoms with Gasteiger partial charge in [0.05, 0.1) is 0 Å². The molecule has 0 heterocycles. The molecule has 0 saturated heterocycles. The zero-order valence-corrected chi connectivity index (χ0v) is 32.7. The average Bonchev–Trinajstić information content (AvgIpc) is 3.09. The van der Waals surface area contributed by atoms with E-state index in [2.05, 4.69) is 20.8 Å². The van der Waals surface area contributed by atoms with Crippen LogP contribution in [0.1, 0.15) is 239 Å². The molecule has 0 aromatic heterocycles. The highest BCUT2D eigenvalue weighted by Crippen LogP contribution is 2.17. The standard InChI is InChI=1S/C43H84O5/c1-4-6-7-8-9-10-11-21-24-27-30-33-36-42(45)47-38-41(44)39-48-43(46)37-34-31-28-25-22-19-17-15-13-12-14-16-18-20-23-26-29-32-35-40(3)5-2/h40-41,44H,4-39H2,1-3H3/t40?,41-/m1/s1. The molecule has 0 spiro atoms. The molecule has 5 heteroatoms. The molecule has 0 aromatic carbocycles. The van der Waals surface area contributed by atoms with E-state index in [1.165, 1.54) is 180 Å². The number of aliphatic hydroxyl groups excluding tert-OH is 1. The minimum Gasteiger partial charge on any atom is -0.463 e. The van der Waals surface area contributed by atoms with Crippen LogP contribution in [0.2, 0.25) is 0 Å². The first kappa shape index (κ1) is 46.9. The summed E-state index contributed by atoms with van der Waals surface area (Å²) in [5, 5.41) is 10.0. The van der Waals surface area contributed by atoms with Crippen LogP contribution in [0.5, 0.6) is 0 Å². The highest BCUT2D eigenvalue weighted by atomic mass is 16.6. The average molecular weight is 681 g/mol. The Morgan fingerprint density at radius 3 is 1.00 bits per heavy atom. The molecule has 0 aromatic rings. The van der Waals surface area contributed by atoms with Gasteiger partial charge in [-0.05, 0) is 18.8 Å². The van der Waals surface area contributed by atoms with Gasteiger partial charge in [0.1, 0.15) is 19.3 Å². The van der Waals surface area contributed by atoms with Gasteiger partial charge in [0.15, 0.2) is 0 Å². The summed E-state index contributed by atoms with van der Waals surface area (Å²) in [6, 6.07) is 0. The molecule has 1 N–H and O–H groups in total. The smallest absolute Gasteiger partial charge is 0.305 e. The lowest BCUT2D eigenvalue weighted by Gasteiger charge is -2.12. The van der Waals surface area contributed by atoms with Crippen LogP contribution in [0.25, 0.3) is 0 Å². The summed E-state index contributed by atoms with van der Waals surface area (Å²) >= 11 is 0. The molecule has 2 atom stereocenters. The lowest BCUT2D eigenvalue weighted by Crippen LogP contribution is -2.25. The molecule has 0 aliphatic heterocycles. The van der Waals surface area contributed by atoms with E-state index in [-0.39, 0.29) is 25.2 Å². The predicted molar refractivity (Wildman–Crippen MR) is 205 cm³/mol. The molecular formula is C43H84O5. The summed E-state index contributed by atoms with van der Waals surface area (Å²) in [7, 11) is 0. The fraction of sp³-hybridized carbons (Fsp3) is 0.953. The van der Waals surface area contributed by atoms with Gasteiger partial charge in [0.2, 0.25) is 0 Å². The quantitative estimate of drug-likeness (QED) is 0.0517. The van der Waals surface area contributed by atoms with Crippen LogP contribution in [0, 0.1) is 5.92 Å². The maximum atomic E-state index is 12.0. The highest BCUT2D eigenvalue weighted by molar-refractivity contribution is 5.69. The van der Waals surface area contributed by atoms with Crippen LogP contribution >= 0.6 is 0 Å². The van der Waals surface area contributed by atoms with E-state index in [1.54, 1.807) is 0 Å². The monoisotopic (exact) mass is 681 g/mol. The third-order valence-electron chi connectivity index (χ3n) is 10.1. The number of carbonyl (C=O) groups is 2. The van der Waals surface area contributed by atoms with E-state index in [4.69, 9.17) is 9.47 Å². The van der Waals surface area contributed by atoms with Gasteiger partial charge in [0.25, 0.3) is 0 Å². The van der Waals surface area contributed by atoms with Gasteiger partial charge in [-0.2, -0.15) is 0 Å². The van der Waals surface area contributed by atoms with Gasteiger partial charge in [-0.25, -0.2) is 0 Å². The molecule has 0 bridgehead atoms. The van der Waals surface area contributed by atoms with Gasteiger partial charge >= 0.3 is 11.9 Å². The summed E-state index contributed by atoms with van der Waals surface area (Å²) < 4.78 is 10.3. The van der Waals surface area contributed by atoms with Crippen molar-refractivity contribution in [2.24, 2.45) is 5.92 Å². The second-order valence-electron chi connectivity index (χ2n) is 15.1. The first-order valence-corrected chi connectivity index (χ1v) is 21.5. The van der Waals surface area contributed by atoms with E-state index >= 15 is 0 Å². The molecular weight excluding hydrogens is 596 g/mol. The van der Waals surface area contributed by atoms with Gasteiger partial charge in [0, 0.05) is 12.8 Å². The molecule has 286 valence electrons. The maximum Gasteiger partial charge on any atom is 0.305 e. The zero-order chi connectivity index (χ0) is 35.2. The SMILES string of the molecule is CCCCCCCCCCCCCCC(=O)OC[C@@H](O)COC(=O)CCCCCCCCCCCCCCCCCCCCC(C)CC. The number of hydrogen-bond donors (Lipinski definition) is 1. The van der Waals surface area contributed by atoms with Crippen LogP contribution < -0.4 is 0 Å². The van der Waals surface area contributed by atoms with Crippen molar-refractivity contribution in [1.82, 2.24) is 0 Å². The lowest BCUT2D eigenvalue weighted by atomic mass is 9.99. The van der Waals surface area contributed by atoms with Crippen LogP contribution in [0.3, 0.4) is 0 Å². The molecule has 0 amide bonds. The van der Waals surface area contributed by atoms with Crippen LogP contribution in [-0.2, 0) is 19.1 Å². The van der Waals surface area contributed by atoms with Crippen molar-refractivity contribution < 1.29 is 24.2 Å². The van der Waals surface area contributed by atoms with Gasteiger partial charge in [-0.1, -0.05) is 213 Å². The molecule has 0 radical (unpaired) electrons. The van der Waals surface area contributed by atoms with Crippen molar-refractivity contribution in [1.29, 1.82) is 0 Å². The third kappa shape index (κ3) is 37.7. The Morgan fingerprint density at radius 2 is 0.708 bits per heavy atom. The zero-order valence-electron chi connectivity index (χ0n) is 32.7. The van der Waals surface area contributed by atoms with E-state index in [0.29, 0.717) is 12.8 Å². The molecule has 0 aliphatic carbocycles. The number of esters is 2. The Morgan fingerprint density at radius 1 is 0.438 bits per heavy atom. The summed E-state index contributed by atoms with van der Waals surface area (Å²) in [5.74, 6) is 0.366. The van der Waals surface area contributed by atoms with Crippen LogP contribution in [0.15, 0.2) is 0 Å². The Hall–Kier alpha value is -1.10. The number of unbranched alkanes of at least 4 members (excludes halogenated alkanes) is 28. The normalized spacial score (nSPS) is 12.7. The highest BCUT2D eigenvalue weighted by Gasteiger charge is 2.12. The molecule has 48 heavy (non-hydrogen) atoms. The molecule has 0 aliphatic rings. The fourth-order valence-electron chi connectivity index (χ4n) is 6.48. The minimum atomic E-state index is -0.955. The number of ether oxygens (including phenoxy) is 2. The lowest BCUT2D eigenvalue weighted by molar-refractivity contribution is -0.152. The number of carbonyl (C=O) groups excluding carboxylic acids is 2. The first-order valence-electron chi connectivity index (χ1n) is 21.5. The third-order valence-corrected chi connectivity index (χ3v) is 10.1. The summed E-state index contributed by atoms with van der Waals surface area (Å²) in [6.45, 7) is 6.73. The predicted octanol–water partition coefficient (Wildman–Crippen LogP) is 13.4. The number of aliphatic hydroxyl groups is 1. The Labute approximate surface area is 299 Å². The minimum absolute atomic E-state index is 0.108. The number of rotatable bonds is 39. The Kier molecular flexibility index (Phi) is 37.8. The summed E-state index contributed by atoms with van der Waals surface area (Å²) in [6.07, 6.45) is 41.6. The van der Waals surface area contributed by atoms with Crippen molar-refractivity contribution in [2.45, 2.75) is 245 Å². The van der Waals surface area contributed by atoms with Crippen LogP contribution in [-0.4, -0.2) is 36.4 Å². The van der Waals surface area contributed by atoms with E-state index in [9.17, 15) is 14.7 Å². The largest absolute Gasteiger partial charge is 0.463 e. The van der Waals surface area contributed by atoms with Crippen molar-refractivity contribution in [3.05, 3.63) is 0 Å². The molecule has 0 rings (SSSR count). The summed E-state index contributed by atoms with van der Waals surface area (Å²) in [5.41, 5.74) is 0. The van der Waals surface area contributed by atoms with E-state index in [0.717, 1.165) is 31.6 Å². The van der Waals surface area contributed by atoms with Crippen molar-refractivity contribution in [2.75, 3.05) is 13.2 Å². The molecule has 1 unspecified atom stereocenters. The first-order chi connectivity index (χ1) is 23.5. The second kappa shape index (κ2) is 38.7. The summed E-state index contributed by atoms with van der Waals surface area (Å²) in [4.78, 5) is 23.9.